The van der Waals surface area contributed by atoms with Crippen molar-refractivity contribution in [3.05, 3.63) is 72.2 Å². The van der Waals surface area contributed by atoms with Crippen LogP contribution in [-0.2, 0) is 12.8 Å². The summed E-state index contributed by atoms with van der Waals surface area (Å²) in [5.41, 5.74) is 6.23. The van der Waals surface area contributed by atoms with Crippen molar-refractivity contribution in [3.8, 4) is 16.9 Å². The van der Waals surface area contributed by atoms with E-state index in [-0.39, 0.29) is 0 Å². The highest BCUT2D eigenvalue weighted by Crippen LogP contribution is 2.27. The second-order valence-corrected chi connectivity index (χ2v) is 6.09. The first-order valence-electron chi connectivity index (χ1n) is 8.48. The van der Waals surface area contributed by atoms with E-state index in [0.29, 0.717) is 0 Å². The Morgan fingerprint density at radius 3 is 2.81 bits per heavy atom. The van der Waals surface area contributed by atoms with Crippen molar-refractivity contribution in [1.29, 1.82) is 0 Å². The minimum atomic E-state index is 0.815. The molecule has 0 fully saturated rings. The van der Waals surface area contributed by atoms with Gasteiger partial charge in [-0.1, -0.05) is 6.07 Å². The van der Waals surface area contributed by atoms with Gasteiger partial charge in [-0.2, -0.15) is 0 Å². The maximum Gasteiger partial charge on any atom is 0.168 e. The average molecular weight is 345 g/mol. The topological polar surface area (TPSA) is 65.2 Å². The number of aryl methyl sites for hydroxylation is 3. The molecule has 6 heteroatoms. The lowest BCUT2D eigenvalue weighted by Crippen LogP contribution is -2.02. The van der Waals surface area contributed by atoms with E-state index < -0.39 is 0 Å². The molecule has 0 atom stereocenters. The molecule has 0 N–H and O–H groups in total. The third-order valence-electron chi connectivity index (χ3n) is 4.58. The van der Waals surface area contributed by atoms with Gasteiger partial charge in [0.1, 0.15) is 12.1 Å². The lowest BCUT2D eigenvalue weighted by Gasteiger charge is -2.11. The standard InChI is InChI=1S/C20H19N5O/c1-14-17(4-3-10-22-14)18-8-7-16(25-13-23-24-20(18)25)6-5-15-9-11-21-12-19(15)26-2/h3-4,7-13H,5-6H2,1-2H3. The van der Waals surface area contributed by atoms with Crippen molar-refractivity contribution in [2.45, 2.75) is 19.8 Å². The first kappa shape index (κ1) is 16.2. The summed E-state index contributed by atoms with van der Waals surface area (Å²) in [6.07, 6.45) is 8.81. The normalized spacial score (nSPS) is 11.0. The van der Waals surface area contributed by atoms with Crippen LogP contribution < -0.4 is 4.74 Å². The molecule has 6 nitrogen and oxygen atoms in total. The smallest absolute Gasteiger partial charge is 0.168 e. The van der Waals surface area contributed by atoms with Crippen molar-refractivity contribution in [2.24, 2.45) is 0 Å². The number of methoxy groups -OCH3 is 1. The predicted octanol–water partition coefficient (Wildman–Crippen LogP) is 3.29. The molecule has 4 aromatic rings. The molecule has 26 heavy (non-hydrogen) atoms. The predicted molar refractivity (Wildman–Crippen MR) is 99.2 cm³/mol. The van der Waals surface area contributed by atoms with Gasteiger partial charge in [-0.3, -0.25) is 14.4 Å². The molecule has 0 spiro atoms. The van der Waals surface area contributed by atoms with E-state index in [1.807, 2.05) is 19.1 Å². The highest BCUT2D eigenvalue weighted by Gasteiger charge is 2.12. The SMILES string of the molecule is COc1cnccc1CCc1ccc(-c2cccnc2C)c2nncn12. The summed E-state index contributed by atoms with van der Waals surface area (Å²) >= 11 is 0. The van der Waals surface area contributed by atoms with Crippen LogP contribution in [0.3, 0.4) is 0 Å². The Kier molecular flexibility index (Phi) is 4.31. The van der Waals surface area contributed by atoms with Gasteiger partial charge in [0.25, 0.3) is 0 Å². The molecule has 0 aliphatic rings. The van der Waals surface area contributed by atoms with Crippen LogP contribution in [-0.4, -0.2) is 31.7 Å². The molecule has 0 aliphatic heterocycles. The molecule has 4 aromatic heterocycles. The van der Waals surface area contributed by atoms with Crippen LogP contribution in [0.4, 0.5) is 0 Å². The van der Waals surface area contributed by atoms with Gasteiger partial charge in [0.2, 0.25) is 0 Å². The molecule has 0 amide bonds. The Bertz CT molecular complexity index is 1060. The summed E-state index contributed by atoms with van der Waals surface area (Å²) in [5, 5.41) is 8.46. The van der Waals surface area contributed by atoms with Gasteiger partial charge in [0, 0.05) is 34.9 Å². The number of fused-ring (bicyclic) bond motifs is 1. The van der Waals surface area contributed by atoms with Gasteiger partial charge in [-0.15, -0.1) is 10.2 Å². The summed E-state index contributed by atoms with van der Waals surface area (Å²) in [6, 6.07) is 10.2. The number of hydrogen-bond acceptors (Lipinski definition) is 5. The van der Waals surface area contributed by atoms with E-state index in [9.17, 15) is 0 Å². The van der Waals surface area contributed by atoms with Gasteiger partial charge >= 0.3 is 0 Å². The highest BCUT2D eigenvalue weighted by atomic mass is 16.5. The summed E-state index contributed by atoms with van der Waals surface area (Å²) in [7, 11) is 1.67. The number of aromatic nitrogens is 5. The Hall–Kier alpha value is -3.28. The fraction of sp³-hybridized carbons (Fsp3) is 0.200. The van der Waals surface area contributed by atoms with Crippen molar-refractivity contribution >= 4 is 5.65 Å². The van der Waals surface area contributed by atoms with Gasteiger partial charge in [0.15, 0.2) is 5.65 Å². The molecular formula is C20H19N5O. The minimum Gasteiger partial charge on any atom is -0.495 e. The first-order chi connectivity index (χ1) is 12.8. The van der Waals surface area contributed by atoms with Crippen LogP contribution in [0.25, 0.3) is 16.8 Å². The molecule has 0 radical (unpaired) electrons. The molecule has 0 saturated heterocycles. The molecule has 0 saturated carbocycles. The Morgan fingerprint density at radius 2 is 1.96 bits per heavy atom. The second kappa shape index (κ2) is 6.92. The minimum absolute atomic E-state index is 0.815. The quantitative estimate of drug-likeness (QED) is 0.555. The van der Waals surface area contributed by atoms with E-state index in [2.05, 4.69) is 42.8 Å². The van der Waals surface area contributed by atoms with Crippen LogP contribution in [0.2, 0.25) is 0 Å². The summed E-state index contributed by atoms with van der Waals surface area (Å²) in [6.45, 7) is 2.01. The molecule has 0 unspecified atom stereocenters. The van der Waals surface area contributed by atoms with Crippen molar-refractivity contribution < 1.29 is 4.74 Å². The van der Waals surface area contributed by atoms with Crippen LogP contribution in [0, 0.1) is 6.92 Å². The number of nitrogens with zero attached hydrogens (tertiary/aromatic N) is 5. The second-order valence-electron chi connectivity index (χ2n) is 6.09. The largest absolute Gasteiger partial charge is 0.495 e. The number of ether oxygens (including phenoxy) is 1. The monoisotopic (exact) mass is 345 g/mol. The Labute approximate surface area is 151 Å². The zero-order valence-electron chi connectivity index (χ0n) is 14.8. The molecule has 0 aromatic carbocycles. The third kappa shape index (κ3) is 2.90. The third-order valence-corrected chi connectivity index (χ3v) is 4.58. The average Bonchev–Trinajstić information content (AvgIpc) is 3.17. The fourth-order valence-electron chi connectivity index (χ4n) is 3.21. The van der Waals surface area contributed by atoms with Crippen molar-refractivity contribution in [2.75, 3.05) is 7.11 Å². The van der Waals surface area contributed by atoms with E-state index >= 15 is 0 Å². The molecule has 4 heterocycles. The first-order valence-corrected chi connectivity index (χ1v) is 8.48. The summed E-state index contributed by atoms with van der Waals surface area (Å²) in [5.74, 6) is 0.815. The number of pyridine rings is 3. The van der Waals surface area contributed by atoms with E-state index in [0.717, 1.165) is 52.3 Å². The van der Waals surface area contributed by atoms with Gasteiger partial charge < -0.3 is 4.74 Å². The number of rotatable bonds is 5. The Balaban J connectivity index is 1.69. The molecular weight excluding hydrogens is 326 g/mol. The number of hydrogen-bond donors (Lipinski definition) is 0. The molecule has 0 bridgehead atoms. The zero-order valence-corrected chi connectivity index (χ0v) is 14.8. The van der Waals surface area contributed by atoms with Crippen LogP contribution in [0.1, 0.15) is 17.0 Å². The molecule has 130 valence electrons. The van der Waals surface area contributed by atoms with Gasteiger partial charge in [0.05, 0.1) is 13.3 Å². The van der Waals surface area contributed by atoms with Gasteiger partial charge in [-0.05, 0) is 49.6 Å². The van der Waals surface area contributed by atoms with Crippen molar-refractivity contribution in [1.82, 2.24) is 24.6 Å². The van der Waals surface area contributed by atoms with Gasteiger partial charge in [-0.25, -0.2) is 0 Å². The van der Waals surface area contributed by atoms with Crippen LogP contribution in [0.15, 0.2) is 55.2 Å². The summed E-state index contributed by atoms with van der Waals surface area (Å²) in [4.78, 5) is 8.50. The highest BCUT2D eigenvalue weighted by molar-refractivity contribution is 5.78. The Morgan fingerprint density at radius 1 is 1.04 bits per heavy atom. The van der Waals surface area contributed by atoms with Crippen LogP contribution >= 0.6 is 0 Å². The van der Waals surface area contributed by atoms with E-state index in [1.54, 1.807) is 32.0 Å². The maximum absolute atomic E-state index is 5.40. The van der Waals surface area contributed by atoms with E-state index in [4.69, 9.17) is 4.74 Å². The molecule has 4 rings (SSSR count). The zero-order chi connectivity index (χ0) is 17.9. The lowest BCUT2D eigenvalue weighted by molar-refractivity contribution is 0.407. The van der Waals surface area contributed by atoms with Crippen LogP contribution in [0.5, 0.6) is 5.75 Å². The molecule has 0 aliphatic carbocycles. The lowest BCUT2D eigenvalue weighted by atomic mass is 10.0. The summed E-state index contributed by atoms with van der Waals surface area (Å²) < 4.78 is 7.45. The maximum atomic E-state index is 5.40. The van der Waals surface area contributed by atoms with Crippen molar-refractivity contribution in [3.63, 3.8) is 0 Å². The van der Waals surface area contributed by atoms with E-state index in [1.165, 1.54) is 0 Å². The fourth-order valence-corrected chi connectivity index (χ4v) is 3.21.